The van der Waals surface area contributed by atoms with Crippen molar-refractivity contribution in [1.29, 1.82) is 0 Å². The predicted molar refractivity (Wildman–Crippen MR) is 71.1 cm³/mol. The van der Waals surface area contributed by atoms with Crippen LogP contribution in [0.15, 0.2) is 27.2 Å². The van der Waals surface area contributed by atoms with E-state index >= 15 is 0 Å². The van der Waals surface area contributed by atoms with Crippen molar-refractivity contribution in [1.82, 2.24) is 5.16 Å². The number of ether oxygens (including phenoxy) is 2. The van der Waals surface area contributed by atoms with E-state index in [0.29, 0.717) is 17.2 Å². The molecule has 1 aromatic carbocycles. The molecule has 0 N–H and O–H groups in total. The van der Waals surface area contributed by atoms with Gasteiger partial charge in [-0.1, -0.05) is 5.16 Å². The quantitative estimate of drug-likeness (QED) is 0.798. The van der Waals surface area contributed by atoms with E-state index in [0.717, 1.165) is 5.56 Å². The fourth-order valence-corrected chi connectivity index (χ4v) is 2.08. The highest BCUT2D eigenvalue weighted by molar-refractivity contribution is 9.10. The summed E-state index contributed by atoms with van der Waals surface area (Å²) in [5.41, 5.74) is 1.52. The van der Waals surface area contributed by atoms with Gasteiger partial charge in [0.15, 0.2) is 0 Å². The molecule has 0 saturated heterocycles. The predicted octanol–water partition coefficient (Wildman–Crippen LogP) is 4.53. The van der Waals surface area contributed by atoms with Crippen LogP contribution < -0.4 is 9.47 Å². The van der Waals surface area contributed by atoms with Crippen LogP contribution in [0.3, 0.4) is 0 Å². The highest BCUT2D eigenvalue weighted by Gasteiger charge is 2.32. The average molecular weight is 366 g/mol. The standard InChI is InChI=1S/C13H11BrF3NO3/c1-7-10(8(2)21-18-7)6-19-9-3-4-12(11(14)5-9)20-13(15,16)17/h3-5H,6H2,1-2H3. The minimum atomic E-state index is -4.73. The number of hydrogen-bond acceptors (Lipinski definition) is 4. The Balaban J connectivity index is 2.07. The first kappa shape index (κ1) is 15.7. The van der Waals surface area contributed by atoms with Gasteiger partial charge in [0.05, 0.1) is 15.7 Å². The second kappa shape index (κ2) is 5.97. The van der Waals surface area contributed by atoms with Crippen LogP contribution in [0.25, 0.3) is 0 Å². The van der Waals surface area contributed by atoms with Gasteiger partial charge in [-0.25, -0.2) is 0 Å². The van der Waals surface area contributed by atoms with Crippen molar-refractivity contribution >= 4 is 15.9 Å². The molecule has 0 unspecified atom stereocenters. The van der Waals surface area contributed by atoms with Crippen LogP contribution >= 0.6 is 15.9 Å². The van der Waals surface area contributed by atoms with Gasteiger partial charge in [-0.3, -0.25) is 0 Å². The summed E-state index contributed by atoms with van der Waals surface area (Å²) in [6.07, 6.45) is -4.73. The van der Waals surface area contributed by atoms with Crippen molar-refractivity contribution in [2.75, 3.05) is 0 Å². The molecular formula is C13H11BrF3NO3. The first-order valence-corrected chi connectivity index (χ1v) is 6.65. The molecule has 0 aliphatic carbocycles. The SMILES string of the molecule is Cc1noc(C)c1COc1ccc(OC(F)(F)F)c(Br)c1. The zero-order valence-corrected chi connectivity index (χ0v) is 12.7. The molecule has 2 rings (SSSR count). The van der Waals surface area contributed by atoms with Crippen molar-refractivity contribution in [3.8, 4) is 11.5 Å². The van der Waals surface area contributed by atoms with E-state index in [-0.39, 0.29) is 16.8 Å². The molecule has 114 valence electrons. The maximum atomic E-state index is 12.2. The van der Waals surface area contributed by atoms with Gasteiger partial charge in [0, 0.05) is 0 Å². The number of benzene rings is 1. The van der Waals surface area contributed by atoms with Gasteiger partial charge in [-0.05, 0) is 48.0 Å². The number of halogens is 4. The first-order valence-electron chi connectivity index (χ1n) is 5.86. The molecule has 2 aromatic rings. The molecule has 0 aliphatic rings. The lowest BCUT2D eigenvalue weighted by Crippen LogP contribution is -2.17. The Morgan fingerprint density at radius 1 is 1.29 bits per heavy atom. The lowest BCUT2D eigenvalue weighted by atomic mass is 10.2. The van der Waals surface area contributed by atoms with Crippen molar-refractivity contribution in [2.24, 2.45) is 0 Å². The van der Waals surface area contributed by atoms with Crippen LogP contribution in [0.4, 0.5) is 13.2 Å². The molecule has 1 aromatic heterocycles. The average Bonchev–Trinajstić information content (AvgIpc) is 2.68. The lowest BCUT2D eigenvalue weighted by molar-refractivity contribution is -0.274. The van der Waals surface area contributed by atoms with Crippen molar-refractivity contribution < 1.29 is 27.2 Å². The number of aryl methyl sites for hydroxylation is 2. The Bertz CT molecular complexity index is 621. The van der Waals surface area contributed by atoms with Gasteiger partial charge in [0.1, 0.15) is 23.9 Å². The molecule has 0 fully saturated rings. The maximum absolute atomic E-state index is 12.2. The summed E-state index contributed by atoms with van der Waals surface area (Å²) in [6.45, 7) is 3.76. The summed E-state index contributed by atoms with van der Waals surface area (Å²) in [5.74, 6) is 0.715. The molecule has 21 heavy (non-hydrogen) atoms. The van der Waals surface area contributed by atoms with E-state index < -0.39 is 6.36 Å². The van der Waals surface area contributed by atoms with Crippen molar-refractivity contribution in [3.05, 3.63) is 39.7 Å². The third-order valence-corrected chi connectivity index (χ3v) is 3.31. The second-order valence-corrected chi connectivity index (χ2v) is 5.09. The molecule has 4 nitrogen and oxygen atoms in total. The number of hydrogen-bond donors (Lipinski definition) is 0. The van der Waals surface area contributed by atoms with Crippen LogP contribution in [0, 0.1) is 13.8 Å². The summed E-state index contributed by atoms with van der Waals surface area (Å²) in [6, 6.07) is 3.98. The molecule has 0 spiro atoms. The minimum Gasteiger partial charge on any atom is -0.489 e. The van der Waals surface area contributed by atoms with Crippen LogP contribution in [-0.2, 0) is 6.61 Å². The highest BCUT2D eigenvalue weighted by atomic mass is 79.9. The first-order chi connectivity index (χ1) is 9.76. The van der Waals surface area contributed by atoms with E-state index in [4.69, 9.17) is 9.26 Å². The Hall–Kier alpha value is -1.70. The van der Waals surface area contributed by atoms with Gasteiger partial charge in [0.25, 0.3) is 0 Å². The molecule has 0 saturated carbocycles. The third-order valence-electron chi connectivity index (χ3n) is 2.69. The molecule has 0 aliphatic heterocycles. The monoisotopic (exact) mass is 365 g/mol. The largest absolute Gasteiger partial charge is 0.573 e. The Morgan fingerprint density at radius 2 is 2.00 bits per heavy atom. The molecule has 1 heterocycles. The molecule has 0 radical (unpaired) electrons. The van der Waals surface area contributed by atoms with E-state index in [1.165, 1.54) is 18.2 Å². The van der Waals surface area contributed by atoms with Crippen molar-refractivity contribution in [3.63, 3.8) is 0 Å². The normalized spacial score (nSPS) is 11.5. The van der Waals surface area contributed by atoms with Crippen LogP contribution in [0.2, 0.25) is 0 Å². The number of alkyl halides is 3. The number of nitrogens with zero attached hydrogens (tertiary/aromatic N) is 1. The fraction of sp³-hybridized carbons (Fsp3) is 0.308. The Labute approximate surface area is 127 Å². The lowest BCUT2D eigenvalue weighted by Gasteiger charge is -2.12. The molecule has 0 bridgehead atoms. The highest BCUT2D eigenvalue weighted by Crippen LogP contribution is 2.33. The zero-order valence-electron chi connectivity index (χ0n) is 11.1. The minimum absolute atomic E-state index is 0.149. The summed E-state index contributed by atoms with van der Waals surface area (Å²) in [5, 5.41) is 3.79. The van der Waals surface area contributed by atoms with Gasteiger partial charge in [-0.2, -0.15) is 0 Å². The van der Waals surface area contributed by atoms with Crippen LogP contribution in [-0.4, -0.2) is 11.5 Å². The topological polar surface area (TPSA) is 44.5 Å². The third kappa shape index (κ3) is 4.13. The smallest absolute Gasteiger partial charge is 0.489 e. The summed E-state index contributed by atoms with van der Waals surface area (Å²) >= 11 is 3.01. The van der Waals surface area contributed by atoms with E-state index in [1.54, 1.807) is 13.8 Å². The van der Waals surface area contributed by atoms with Gasteiger partial charge in [-0.15, -0.1) is 13.2 Å². The molecular weight excluding hydrogens is 355 g/mol. The Morgan fingerprint density at radius 3 is 2.52 bits per heavy atom. The summed E-state index contributed by atoms with van der Waals surface area (Å²) in [4.78, 5) is 0. The van der Waals surface area contributed by atoms with Gasteiger partial charge < -0.3 is 14.0 Å². The van der Waals surface area contributed by atoms with Crippen LogP contribution in [0.1, 0.15) is 17.0 Å². The van der Waals surface area contributed by atoms with E-state index in [1.807, 2.05) is 0 Å². The van der Waals surface area contributed by atoms with Crippen LogP contribution in [0.5, 0.6) is 11.5 Å². The number of aromatic nitrogens is 1. The molecule has 0 amide bonds. The zero-order chi connectivity index (χ0) is 15.6. The van der Waals surface area contributed by atoms with E-state index in [9.17, 15) is 13.2 Å². The van der Waals surface area contributed by atoms with Crippen molar-refractivity contribution in [2.45, 2.75) is 26.8 Å². The fourth-order valence-electron chi connectivity index (χ4n) is 1.64. The maximum Gasteiger partial charge on any atom is 0.573 e. The summed E-state index contributed by atoms with van der Waals surface area (Å²) in [7, 11) is 0. The van der Waals surface area contributed by atoms with Gasteiger partial charge >= 0.3 is 6.36 Å². The Kier molecular flexibility index (Phi) is 4.46. The molecule has 0 atom stereocenters. The molecule has 8 heteroatoms. The summed E-state index contributed by atoms with van der Waals surface area (Å²) < 4.78 is 51.0. The second-order valence-electron chi connectivity index (χ2n) is 4.23. The number of rotatable bonds is 4. The van der Waals surface area contributed by atoms with Gasteiger partial charge in [0.2, 0.25) is 0 Å². The van der Waals surface area contributed by atoms with E-state index in [2.05, 4.69) is 25.8 Å².